The van der Waals surface area contributed by atoms with E-state index in [0.29, 0.717) is 17.2 Å². The molecule has 144 valence electrons. The first-order chi connectivity index (χ1) is 11.7. The SMILES string of the molecule is CCC(CCS(=O)(=O)c1ccccc1)(O[Si](CC)(CC)CC)C(C)C. The normalized spacial score (nSPS) is 15.3. The molecule has 0 aliphatic rings. The van der Waals surface area contributed by atoms with E-state index in [1.807, 2.05) is 6.07 Å². The summed E-state index contributed by atoms with van der Waals surface area (Å²) in [4.78, 5) is 0.411. The molecule has 1 aromatic rings. The summed E-state index contributed by atoms with van der Waals surface area (Å²) in [5.74, 6) is 0.435. The topological polar surface area (TPSA) is 43.4 Å². The number of sulfone groups is 1. The Balaban J connectivity index is 3.08. The van der Waals surface area contributed by atoms with Gasteiger partial charge in [0, 0.05) is 0 Å². The average Bonchev–Trinajstić information content (AvgIpc) is 2.63. The van der Waals surface area contributed by atoms with Gasteiger partial charge in [0.1, 0.15) is 0 Å². The molecule has 0 radical (unpaired) electrons. The summed E-state index contributed by atoms with van der Waals surface area (Å²) >= 11 is 0. The lowest BCUT2D eigenvalue weighted by Gasteiger charge is -2.45. The third-order valence-corrected chi connectivity index (χ3v) is 12.3. The molecule has 0 aromatic heterocycles. The van der Waals surface area contributed by atoms with Crippen molar-refractivity contribution < 1.29 is 12.8 Å². The van der Waals surface area contributed by atoms with Crippen molar-refractivity contribution in [2.24, 2.45) is 5.92 Å². The molecule has 25 heavy (non-hydrogen) atoms. The fourth-order valence-corrected chi connectivity index (χ4v) is 8.26. The molecule has 0 fully saturated rings. The number of hydrogen-bond donors (Lipinski definition) is 0. The standard InChI is InChI=1S/C20H36O3SSi/c1-7-20(18(5)6,23-25(8-2,9-3)10-4)16-17-24(21,22)19-14-12-11-13-15-19/h11-15,18H,7-10,16-17H2,1-6H3. The number of hydrogen-bond acceptors (Lipinski definition) is 3. The zero-order chi connectivity index (χ0) is 19.1. The lowest BCUT2D eigenvalue weighted by Crippen LogP contribution is -2.50. The minimum atomic E-state index is -3.28. The molecule has 0 saturated carbocycles. The minimum absolute atomic E-state index is 0.144. The fourth-order valence-electron chi connectivity index (χ4n) is 3.57. The van der Waals surface area contributed by atoms with Crippen LogP contribution in [-0.4, -0.2) is 28.1 Å². The van der Waals surface area contributed by atoms with Crippen LogP contribution in [0.15, 0.2) is 35.2 Å². The van der Waals surface area contributed by atoms with Gasteiger partial charge in [-0.2, -0.15) is 0 Å². The van der Waals surface area contributed by atoms with Gasteiger partial charge >= 0.3 is 0 Å². The van der Waals surface area contributed by atoms with E-state index in [1.165, 1.54) is 0 Å². The molecule has 1 unspecified atom stereocenters. The Hall–Kier alpha value is -0.653. The maximum atomic E-state index is 12.7. The van der Waals surface area contributed by atoms with Crippen LogP contribution in [0.4, 0.5) is 0 Å². The highest BCUT2D eigenvalue weighted by molar-refractivity contribution is 7.91. The molecule has 0 aliphatic carbocycles. The van der Waals surface area contributed by atoms with Crippen molar-refractivity contribution >= 4 is 18.2 Å². The fraction of sp³-hybridized carbons (Fsp3) is 0.700. The number of benzene rings is 1. The second-order valence-electron chi connectivity index (χ2n) is 7.30. The maximum absolute atomic E-state index is 12.7. The summed E-state index contributed by atoms with van der Waals surface area (Å²) in [6, 6.07) is 12.0. The molecule has 5 heteroatoms. The molecule has 0 aliphatic heterocycles. The van der Waals surface area contributed by atoms with Gasteiger partial charge in [0.2, 0.25) is 0 Å². The van der Waals surface area contributed by atoms with E-state index in [4.69, 9.17) is 4.43 Å². The van der Waals surface area contributed by atoms with Crippen LogP contribution in [0.3, 0.4) is 0 Å². The van der Waals surface area contributed by atoms with Gasteiger partial charge in [0.05, 0.1) is 16.2 Å². The summed E-state index contributed by atoms with van der Waals surface area (Å²) in [7, 11) is -5.08. The smallest absolute Gasteiger partial charge is 0.192 e. The largest absolute Gasteiger partial charge is 0.411 e. The second-order valence-corrected chi connectivity index (χ2v) is 14.1. The molecule has 0 saturated heterocycles. The van der Waals surface area contributed by atoms with Crippen molar-refractivity contribution in [1.82, 2.24) is 0 Å². The van der Waals surface area contributed by atoms with Gasteiger partial charge in [-0.15, -0.1) is 0 Å². The maximum Gasteiger partial charge on any atom is 0.192 e. The molecule has 1 atom stereocenters. The molecule has 3 nitrogen and oxygen atoms in total. The molecular weight excluding hydrogens is 348 g/mol. The van der Waals surface area contributed by atoms with Crippen molar-refractivity contribution in [3.05, 3.63) is 30.3 Å². The van der Waals surface area contributed by atoms with Crippen LogP contribution < -0.4 is 0 Å². The van der Waals surface area contributed by atoms with Crippen molar-refractivity contribution in [3.63, 3.8) is 0 Å². The highest BCUT2D eigenvalue weighted by atomic mass is 32.2. The molecule has 0 amide bonds. The van der Waals surface area contributed by atoms with Gasteiger partial charge in [-0.3, -0.25) is 0 Å². The Morgan fingerprint density at radius 3 is 1.92 bits per heavy atom. The van der Waals surface area contributed by atoms with Gasteiger partial charge in [0.15, 0.2) is 18.2 Å². The van der Waals surface area contributed by atoms with E-state index < -0.39 is 18.2 Å². The first kappa shape index (κ1) is 22.4. The molecule has 0 heterocycles. The van der Waals surface area contributed by atoms with Crippen molar-refractivity contribution in [2.45, 2.75) is 83.0 Å². The molecule has 1 aromatic carbocycles. The van der Waals surface area contributed by atoms with E-state index in [1.54, 1.807) is 24.3 Å². The Morgan fingerprint density at radius 2 is 1.52 bits per heavy atom. The monoisotopic (exact) mass is 384 g/mol. The quantitative estimate of drug-likeness (QED) is 0.461. The van der Waals surface area contributed by atoms with E-state index >= 15 is 0 Å². The highest BCUT2D eigenvalue weighted by Crippen LogP contribution is 2.37. The molecule has 1 rings (SSSR count). The van der Waals surface area contributed by atoms with Gasteiger partial charge in [0.25, 0.3) is 0 Å². The Kier molecular flexibility index (Phi) is 8.36. The minimum Gasteiger partial charge on any atom is -0.411 e. The van der Waals surface area contributed by atoms with Gasteiger partial charge in [-0.05, 0) is 49.0 Å². The van der Waals surface area contributed by atoms with E-state index in [-0.39, 0.29) is 11.4 Å². The second kappa shape index (κ2) is 9.33. The average molecular weight is 385 g/mol. The molecular formula is C20H36O3SSi. The summed E-state index contributed by atoms with van der Waals surface area (Å²) in [6.07, 6.45) is 1.41. The third kappa shape index (κ3) is 5.41. The van der Waals surface area contributed by atoms with Crippen molar-refractivity contribution in [1.29, 1.82) is 0 Å². The van der Waals surface area contributed by atoms with Crippen LogP contribution in [0.2, 0.25) is 18.1 Å². The summed E-state index contributed by atoms with van der Waals surface area (Å²) in [6.45, 7) is 13.1. The molecule has 0 bridgehead atoms. The zero-order valence-corrected chi connectivity index (χ0v) is 18.7. The summed E-state index contributed by atoms with van der Waals surface area (Å²) in [5.41, 5.74) is -0.351. The van der Waals surface area contributed by atoms with Crippen LogP contribution in [0, 0.1) is 5.92 Å². The third-order valence-electron chi connectivity index (χ3n) is 5.90. The summed E-state index contributed by atoms with van der Waals surface area (Å²) in [5, 5.41) is 0. The number of rotatable bonds is 11. The van der Waals surface area contributed by atoms with E-state index in [0.717, 1.165) is 24.6 Å². The zero-order valence-electron chi connectivity index (χ0n) is 16.8. The predicted molar refractivity (Wildman–Crippen MR) is 109 cm³/mol. The van der Waals surface area contributed by atoms with Gasteiger partial charge in [-0.25, -0.2) is 8.42 Å². The first-order valence-electron chi connectivity index (χ1n) is 9.68. The van der Waals surface area contributed by atoms with Crippen molar-refractivity contribution in [2.75, 3.05) is 5.75 Å². The highest BCUT2D eigenvalue weighted by Gasteiger charge is 2.42. The van der Waals surface area contributed by atoms with Gasteiger partial charge < -0.3 is 4.43 Å². The van der Waals surface area contributed by atoms with Gasteiger partial charge in [-0.1, -0.05) is 59.7 Å². The van der Waals surface area contributed by atoms with E-state index in [9.17, 15) is 8.42 Å². The van der Waals surface area contributed by atoms with Crippen LogP contribution >= 0.6 is 0 Å². The van der Waals surface area contributed by atoms with Crippen LogP contribution in [0.5, 0.6) is 0 Å². The lowest BCUT2D eigenvalue weighted by molar-refractivity contribution is 0.00355. The molecule has 0 N–H and O–H groups in total. The predicted octanol–water partition coefficient (Wildman–Crippen LogP) is 5.68. The Morgan fingerprint density at radius 1 is 1.00 bits per heavy atom. The van der Waals surface area contributed by atoms with Crippen LogP contribution in [0.1, 0.15) is 54.4 Å². The molecule has 0 spiro atoms. The Bertz CT molecular complexity index is 601. The Labute approximate surface area is 156 Å². The van der Waals surface area contributed by atoms with E-state index in [2.05, 4.69) is 41.5 Å². The first-order valence-corrected chi connectivity index (χ1v) is 13.9. The summed E-state index contributed by atoms with van der Waals surface area (Å²) < 4.78 is 32.4. The van der Waals surface area contributed by atoms with Crippen LogP contribution in [-0.2, 0) is 14.3 Å². The van der Waals surface area contributed by atoms with Crippen molar-refractivity contribution in [3.8, 4) is 0 Å². The lowest BCUT2D eigenvalue weighted by atomic mass is 9.85. The van der Waals surface area contributed by atoms with Crippen LogP contribution in [0.25, 0.3) is 0 Å².